The molecule has 0 saturated carbocycles. The first-order valence-corrected chi connectivity index (χ1v) is 7.43. The predicted molar refractivity (Wildman–Crippen MR) is 88.7 cm³/mol. The van der Waals surface area contributed by atoms with E-state index in [1.165, 1.54) is 0 Å². The molecule has 4 nitrogen and oxygen atoms in total. The van der Waals surface area contributed by atoms with E-state index >= 15 is 0 Å². The molecule has 2 aromatic rings. The molecular weight excluding hydrogens is 276 g/mol. The van der Waals surface area contributed by atoms with Crippen LogP contribution in [0.5, 0.6) is 0 Å². The van der Waals surface area contributed by atoms with Gasteiger partial charge in [-0.3, -0.25) is 4.79 Å². The van der Waals surface area contributed by atoms with Crippen molar-refractivity contribution in [3.63, 3.8) is 0 Å². The second-order valence-electron chi connectivity index (χ2n) is 5.49. The predicted octanol–water partition coefficient (Wildman–Crippen LogP) is 2.55. The van der Waals surface area contributed by atoms with Crippen LogP contribution in [0.3, 0.4) is 0 Å². The molecule has 22 heavy (non-hydrogen) atoms. The van der Waals surface area contributed by atoms with Crippen molar-refractivity contribution in [3.8, 4) is 0 Å². The molecule has 1 amide bonds. The standard InChI is InChI=1S/C18H22N2O2/c1-13(21)11-15(14-7-3-2-4-8-14)12-20-18(22)16-9-5-6-10-17(16)19/h2-10,13,15,21H,11-12,19H2,1H3,(H,20,22). The van der Waals surface area contributed by atoms with Crippen molar-refractivity contribution in [1.82, 2.24) is 5.32 Å². The summed E-state index contributed by atoms with van der Waals surface area (Å²) in [5.74, 6) is -0.125. The van der Waals surface area contributed by atoms with Gasteiger partial charge in [0.25, 0.3) is 5.91 Å². The number of rotatable bonds is 6. The third-order valence-electron chi connectivity index (χ3n) is 3.61. The molecule has 0 heterocycles. The second kappa shape index (κ2) is 7.61. The summed E-state index contributed by atoms with van der Waals surface area (Å²) in [7, 11) is 0. The van der Waals surface area contributed by atoms with E-state index in [0.29, 0.717) is 24.2 Å². The minimum Gasteiger partial charge on any atom is -0.398 e. The van der Waals surface area contributed by atoms with Crippen LogP contribution in [-0.2, 0) is 0 Å². The van der Waals surface area contributed by atoms with Gasteiger partial charge in [-0.05, 0) is 31.0 Å². The Kier molecular flexibility index (Phi) is 5.55. The van der Waals surface area contributed by atoms with Gasteiger partial charge < -0.3 is 16.2 Å². The minimum atomic E-state index is -0.427. The molecule has 2 rings (SSSR count). The molecule has 0 aromatic heterocycles. The van der Waals surface area contributed by atoms with Gasteiger partial charge in [-0.2, -0.15) is 0 Å². The van der Waals surface area contributed by atoms with Gasteiger partial charge in [-0.25, -0.2) is 0 Å². The Bertz CT molecular complexity index is 611. The van der Waals surface area contributed by atoms with Crippen LogP contribution < -0.4 is 11.1 Å². The average Bonchev–Trinajstić information content (AvgIpc) is 2.52. The summed E-state index contributed by atoms with van der Waals surface area (Å²) < 4.78 is 0. The maximum absolute atomic E-state index is 12.2. The van der Waals surface area contributed by atoms with Crippen molar-refractivity contribution >= 4 is 11.6 Å². The zero-order chi connectivity index (χ0) is 15.9. The third-order valence-corrected chi connectivity index (χ3v) is 3.61. The smallest absolute Gasteiger partial charge is 0.253 e. The number of hydrogen-bond donors (Lipinski definition) is 3. The Labute approximate surface area is 131 Å². The van der Waals surface area contributed by atoms with Gasteiger partial charge in [-0.1, -0.05) is 42.5 Å². The van der Waals surface area contributed by atoms with E-state index in [1.807, 2.05) is 30.3 Å². The number of nitrogens with one attached hydrogen (secondary N) is 1. The molecule has 2 aromatic carbocycles. The summed E-state index contributed by atoms with van der Waals surface area (Å²) >= 11 is 0. The molecule has 4 N–H and O–H groups in total. The van der Waals surface area contributed by atoms with Crippen LogP contribution in [0.4, 0.5) is 5.69 Å². The lowest BCUT2D eigenvalue weighted by atomic mass is 9.93. The van der Waals surface area contributed by atoms with Crippen molar-refractivity contribution in [2.45, 2.75) is 25.4 Å². The Balaban J connectivity index is 2.05. The van der Waals surface area contributed by atoms with Gasteiger partial charge in [0, 0.05) is 18.2 Å². The van der Waals surface area contributed by atoms with Crippen LogP contribution >= 0.6 is 0 Å². The molecule has 2 atom stereocenters. The van der Waals surface area contributed by atoms with Crippen molar-refractivity contribution in [2.75, 3.05) is 12.3 Å². The molecule has 0 aliphatic carbocycles. The van der Waals surface area contributed by atoms with E-state index in [1.54, 1.807) is 31.2 Å². The van der Waals surface area contributed by atoms with E-state index < -0.39 is 6.10 Å². The molecule has 0 spiro atoms. The topological polar surface area (TPSA) is 75.3 Å². The second-order valence-corrected chi connectivity index (χ2v) is 5.49. The number of carbonyl (C=O) groups is 1. The molecule has 0 radical (unpaired) electrons. The summed E-state index contributed by atoms with van der Waals surface area (Å²) in [6.07, 6.45) is 0.165. The average molecular weight is 298 g/mol. The summed E-state index contributed by atoms with van der Waals surface area (Å²) in [6, 6.07) is 16.9. The van der Waals surface area contributed by atoms with Gasteiger partial charge in [0.15, 0.2) is 0 Å². The summed E-state index contributed by atoms with van der Waals surface area (Å²) in [5, 5.41) is 12.6. The fourth-order valence-corrected chi connectivity index (χ4v) is 2.49. The van der Waals surface area contributed by atoms with Gasteiger partial charge in [0.1, 0.15) is 0 Å². The van der Waals surface area contributed by atoms with E-state index in [0.717, 1.165) is 5.56 Å². The van der Waals surface area contributed by atoms with E-state index in [-0.39, 0.29) is 11.8 Å². The Morgan fingerprint density at radius 3 is 2.41 bits per heavy atom. The largest absolute Gasteiger partial charge is 0.398 e. The highest BCUT2D eigenvalue weighted by Gasteiger charge is 2.16. The van der Waals surface area contributed by atoms with E-state index in [2.05, 4.69) is 5.32 Å². The lowest BCUT2D eigenvalue weighted by Crippen LogP contribution is -2.30. The fourth-order valence-electron chi connectivity index (χ4n) is 2.49. The van der Waals surface area contributed by atoms with E-state index in [4.69, 9.17) is 5.73 Å². The molecule has 4 heteroatoms. The molecule has 0 aliphatic rings. The third kappa shape index (κ3) is 4.33. The van der Waals surface area contributed by atoms with Gasteiger partial charge in [0.05, 0.1) is 11.7 Å². The summed E-state index contributed by atoms with van der Waals surface area (Å²) in [5.41, 5.74) is 7.86. The Hall–Kier alpha value is -2.33. The number of anilines is 1. The van der Waals surface area contributed by atoms with E-state index in [9.17, 15) is 9.90 Å². The number of hydrogen-bond acceptors (Lipinski definition) is 3. The Morgan fingerprint density at radius 1 is 1.14 bits per heavy atom. The van der Waals surface area contributed by atoms with Crippen molar-refractivity contribution in [3.05, 3.63) is 65.7 Å². The fraction of sp³-hybridized carbons (Fsp3) is 0.278. The van der Waals surface area contributed by atoms with Crippen molar-refractivity contribution in [1.29, 1.82) is 0 Å². The lowest BCUT2D eigenvalue weighted by molar-refractivity contribution is 0.0946. The lowest BCUT2D eigenvalue weighted by Gasteiger charge is -2.20. The molecule has 0 aliphatic heterocycles. The molecule has 0 bridgehead atoms. The zero-order valence-corrected chi connectivity index (χ0v) is 12.7. The zero-order valence-electron chi connectivity index (χ0n) is 12.7. The number of aliphatic hydroxyl groups excluding tert-OH is 1. The van der Waals surface area contributed by atoms with Crippen LogP contribution in [0.2, 0.25) is 0 Å². The number of nitrogens with two attached hydrogens (primary N) is 1. The number of aliphatic hydroxyl groups is 1. The van der Waals surface area contributed by atoms with Crippen LogP contribution in [0, 0.1) is 0 Å². The van der Waals surface area contributed by atoms with Crippen molar-refractivity contribution in [2.24, 2.45) is 0 Å². The molecule has 116 valence electrons. The number of nitrogen functional groups attached to an aromatic ring is 1. The van der Waals surface area contributed by atoms with Crippen LogP contribution in [0.15, 0.2) is 54.6 Å². The van der Waals surface area contributed by atoms with Gasteiger partial charge >= 0.3 is 0 Å². The number of para-hydroxylation sites is 1. The van der Waals surface area contributed by atoms with Crippen LogP contribution in [-0.4, -0.2) is 23.7 Å². The monoisotopic (exact) mass is 298 g/mol. The highest BCUT2D eigenvalue weighted by molar-refractivity contribution is 5.99. The maximum atomic E-state index is 12.2. The number of amides is 1. The van der Waals surface area contributed by atoms with Crippen LogP contribution in [0.25, 0.3) is 0 Å². The minimum absolute atomic E-state index is 0.0649. The number of benzene rings is 2. The van der Waals surface area contributed by atoms with Gasteiger partial charge in [-0.15, -0.1) is 0 Å². The molecule has 0 fully saturated rings. The first-order valence-electron chi connectivity index (χ1n) is 7.43. The first kappa shape index (κ1) is 16.0. The number of carbonyl (C=O) groups excluding carboxylic acids is 1. The maximum Gasteiger partial charge on any atom is 0.253 e. The Morgan fingerprint density at radius 2 is 1.77 bits per heavy atom. The highest BCUT2D eigenvalue weighted by atomic mass is 16.3. The summed E-state index contributed by atoms with van der Waals surface area (Å²) in [4.78, 5) is 12.2. The SMILES string of the molecule is CC(O)CC(CNC(=O)c1ccccc1N)c1ccccc1. The molecular formula is C18H22N2O2. The first-order chi connectivity index (χ1) is 10.6. The highest BCUT2D eigenvalue weighted by Crippen LogP contribution is 2.21. The molecule has 2 unspecified atom stereocenters. The normalized spacial score (nSPS) is 13.4. The van der Waals surface area contributed by atoms with Gasteiger partial charge in [0.2, 0.25) is 0 Å². The molecule has 0 saturated heterocycles. The van der Waals surface area contributed by atoms with Crippen molar-refractivity contribution < 1.29 is 9.90 Å². The van der Waals surface area contributed by atoms with Crippen LogP contribution in [0.1, 0.15) is 35.2 Å². The summed E-state index contributed by atoms with van der Waals surface area (Å²) in [6.45, 7) is 2.22. The quantitative estimate of drug-likeness (QED) is 0.717.